The number of aromatic carboxylic acids is 1. The topological polar surface area (TPSA) is 51.5 Å². The van der Waals surface area contributed by atoms with E-state index in [1.54, 1.807) is 36.4 Å². The lowest BCUT2D eigenvalue weighted by Crippen LogP contribution is -1.97. The van der Waals surface area contributed by atoms with E-state index in [2.05, 4.69) is 0 Å². The molecule has 1 aromatic heterocycles. The largest absolute Gasteiger partial charge is 0.489 e. The molecule has 0 aliphatic rings. The van der Waals surface area contributed by atoms with Crippen LogP contribution in [-0.4, -0.2) is 15.6 Å². The van der Waals surface area contributed by atoms with Crippen LogP contribution in [-0.2, 0) is 13.7 Å². The van der Waals surface area contributed by atoms with E-state index in [1.807, 2.05) is 23.9 Å². The molecule has 0 saturated heterocycles. The molecule has 0 saturated carbocycles. The molecule has 2 aromatic carbocycles. The third kappa shape index (κ3) is 2.78. The number of fused-ring (bicyclic) bond motifs is 1. The average Bonchev–Trinajstić information content (AvgIpc) is 2.82. The van der Waals surface area contributed by atoms with Gasteiger partial charge in [-0.2, -0.15) is 0 Å². The summed E-state index contributed by atoms with van der Waals surface area (Å²) < 4.78 is 7.71. The predicted octanol–water partition coefficient (Wildman–Crippen LogP) is 4.11. The molecule has 22 heavy (non-hydrogen) atoms. The number of hydrogen-bond donors (Lipinski definition) is 1. The SMILES string of the molecule is Cn1cc(COc2ccc(Cl)cc2)c2cc(C(=O)O)ccc21. The van der Waals surface area contributed by atoms with Crippen molar-refractivity contribution in [2.45, 2.75) is 6.61 Å². The van der Waals surface area contributed by atoms with E-state index >= 15 is 0 Å². The normalized spacial score (nSPS) is 10.8. The Morgan fingerprint density at radius 2 is 1.95 bits per heavy atom. The summed E-state index contributed by atoms with van der Waals surface area (Å²) in [5.74, 6) is -0.217. The maximum atomic E-state index is 11.1. The fraction of sp³-hybridized carbons (Fsp3) is 0.118. The maximum Gasteiger partial charge on any atom is 0.335 e. The summed E-state index contributed by atoms with van der Waals surface area (Å²) in [7, 11) is 1.93. The van der Waals surface area contributed by atoms with Gasteiger partial charge in [-0.3, -0.25) is 0 Å². The molecular formula is C17H14ClNO3. The maximum absolute atomic E-state index is 11.1. The van der Waals surface area contributed by atoms with Gasteiger partial charge in [-0.1, -0.05) is 11.6 Å². The fourth-order valence-corrected chi connectivity index (χ4v) is 2.54. The highest BCUT2D eigenvalue weighted by molar-refractivity contribution is 6.30. The molecule has 1 heterocycles. The van der Waals surface area contributed by atoms with Crippen molar-refractivity contribution in [1.82, 2.24) is 4.57 Å². The first-order valence-corrected chi connectivity index (χ1v) is 7.12. The summed E-state index contributed by atoms with van der Waals surface area (Å²) >= 11 is 5.84. The highest BCUT2D eigenvalue weighted by atomic mass is 35.5. The van der Waals surface area contributed by atoms with Crippen molar-refractivity contribution in [2.75, 3.05) is 0 Å². The number of nitrogens with zero attached hydrogens (tertiary/aromatic N) is 1. The second-order valence-electron chi connectivity index (χ2n) is 5.04. The molecular weight excluding hydrogens is 302 g/mol. The van der Waals surface area contributed by atoms with Crippen LogP contribution in [0.5, 0.6) is 5.75 Å². The Hall–Kier alpha value is -2.46. The van der Waals surface area contributed by atoms with Gasteiger partial charge in [-0.05, 0) is 42.5 Å². The van der Waals surface area contributed by atoms with Crippen molar-refractivity contribution in [3.8, 4) is 5.75 Å². The van der Waals surface area contributed by atoms with Gasteiger partial charge in [-0.15, -0.1) is 0 Å². The van der Waals surface area contributed by atoms with Gasteiger partial charge in [0.05, 0.1) is 5.56 Å². The summed E-state index contributed by atoms with van der Waals surface area (Å²) in [5.41, 5.74) is 2.18. The van der Waals surface area contributed by atoms with Gasteiger partial charge >= 0.3 is 5.97 Å². The van der Waals surface area contributed by atoms with Crippen LogP contribution in [0.3, 0.4) is 0 Å². The Labute approximate surface area is 132 Å². The van der Waals surface area contributed by atoms with Crippen LogP contribution in [0.25, 0.3) is 10.9 Å². The van der Waals surface area contributed by atoms with Crippen LogP contribution in [0.2, 0.25) is 5.02 Å². The number of benzene rings is 2. The molecule has 3 rings (SSSR count). The molecule has 0 amide bonds. The number of carboxylic acid groups (broad SMARTS) is 1. The number of halogens is 1. The van der Waals surface area contributed by atoms with Crippen molar-refractivity contribution in [2.24, 2.45) is 7.05 Å². The second kappa shape index (κ2) is 5.73. The molecule has 0 unspecified atom stereocenters. The predicted molar refractivity (Wildman–Crippen MR) is 85.7 cm³/mol. The number of carboxylic acids is 1. The van der Waals surface area contributed by atoms with Gasteiger partial charge in [0.2, 0.25) is 0 Å². The van der Waals surface area contributed by atoms with Crippen molar-refractivity contribution >= 4 is 28.5 Å². The van der Waals surface area contributed by atoms with Gasteiger partial charge in [-0.25, -0.2) is 4.79 Å². The van der Waals surface area contributed by atoms with E-state index in [9.17, 15) is 4.79 Å². The van der Waals surface area contributed by atoms with Gasteiger partial charge < -0.3 is 14.4 Å². The van der Waals surface area contributed by atoms with Crippen LogP contribution in [0.15, 0.2) is 48.7 Å². The van der Waals surface area contributed by atoms with Gasteiger partial charge in [0.1, 0.15) is 12.4 Å². The Bertz CT molecular complexity index is 837. The van der Waals surface area contributed by atoms with Crippen LogP contribution < -0.4 is 4.74 Å². The van der Waals surface area contributed by atoms with Gasteiger partial charge in [0.15, 0.2) is 0 Å². The molecule has 0 spiro atoms. The van der Waals surface area contributed by atoms with E-state index in [-0.39, 0.29) is 5.56 Å². The Morgan fingerprint density at radius 1 is 1.23 bits per heavy atom. The molecule has 0 fully saturated rings. The van der Waals surface area contributed by atoms with Crippen molar-refractivity contribution in [1.29, 1.82) is 0 Å². The van der Waals surface area contributed by atoms with E-state index in [4.69, 9.17) is 21.4 Å². The van der Waals surface area contributed by atoms with Crippen molar-refractivity contribution < 1.29 is 14.6 Å². The first kappa shape index (κ1) is 14.5. The standard InChI is InChI=1S/C17H14ClNO3/c1-19-9-12(10-22-14-5-3-13(18)4-6-14)15-8-11(17(20)21)2-7-16(15)19/h2-9H,10H2,1H3,(H,20,21). The lowest BCUT2D eigenvalue weighted by molar-refractivity contribution is 0.0697. The number of ether oxygens (including phenoxy) is 1. The van der Waals surface area contributed by atoms with Crippen molar-refractivity contribution in [3.05, 3.63) is 64.8 Å². The molecule has 0 atom stereocenters. The molecule has 112 valence electrons. The van der Waals surface area contributed by atoms with E-state index in [0.717, 1.165) is 22.2 Å². The first-order valence-electron chi connectivity index (χ1n) is 6.74. The molecule has 0 aliphatic carbocycles. The average molecular weight is 316 g/mol. The minimum absolute atomic E-state index is 0.270. The number of rotatable bonds is 4. The third-order valence-corrected chi connectivity index (χ3v) is 3.78. The molecule has 1 N–H and O–H groups in total. The van der Waals surface area contributed by atoms with Crippen LogP contribution in [0.4, 0.5) is 0 Å². The smallest absolute Gasteiger partial charge is 0.335 e. The monoisotopic (exact) mass is 315 g/mol. The summed E-state index contributed by atoms with van der Waals surface area (Å²) in [6.07, 6.45) is 1.95. The summed E-state index contributed by atoms with van der Waals surface area (Å²) in [4.78, 5) is 11.1. The number of aromatic nitrogens is 1. The Morgan fingerprint density at radius 3 is 2.64 bits per heavy atom. The molecule has 4 nitrogen and oxygen atoms in total. The van der Waals surface area contributed by atoms with Crippen molar-refractivity contribution in [3.63, 3.8) is 0 Å². The van der Waals surface area contributed by atoms with E-state index < -0.39 is 5.97 Å². The van der Waals surface area contributed by atoms with E-state index in [0.29, 0.717) is 11.6 Å². The third-order valence-electron chi connectivity index (χ3n) is 3.53. The van der Waals surface area contributed by atoms with Crippen LogP contribution in [0, 0.1) is 0 Å². The zero-order valence-electron chi connectivity index (χ0n) is 11.9. The highest BCUT2D eigenvalue weighted by Gasteiger charge is 2.11. The highest BCUT2D eigenvalue weighted by Crippen LogP contribution is 2.24. The zero-order chi connectivity index (χ0) is 15.7. The molecule has 3 aromatic rings. The lowest BCUT2D eigenvalue weighted by Gasteiger charge is -2.05. The Balaban J connectivity index is 1.91. The molecule has 0 radical (unpaired) electrons. The number of aryl methyl sites for hydroxylation is 1. The molecule has 0 bridgehead atoms. The number of hydrogen-bond acceptors (Lipinski definition) is 2. The minimum Gasteiger partial charge on any atom is -0.489 e. The van der Waals surface area contributed by atoms with Gasteiger partial charge in [0.25, 0.3) is 0 Å². The summed E-state index contributed by atoms with van der Waals surface area (Å²) in [6.45, 7) is 0.363. The summed E-state index contributed by atoms with van der Waals surface area (Å²) in [5, 5.41) is 10.7. The molecule has 0 aliphatic heterocycles. The lowest BCUT2D eigenvalue weighted by atomic mass is 10.1. The first-order chi connectivity index (χ1) is 10.5. The summed E-state index contributed by atoms with van der Waals surface area (Å²) in [6, 6.07) is 12.2. The Kier molecular flexibility index (Phi) is 3.77. The molecule has 5 heteroatoms. The van der Waals surface area contributed by atoms with E-state index in [1.165, 1.54) is 0 Å². The zero-order valence-corrected chi connectivity index (χ0v) is 12.7. The van der Waals surface area contributed by atoms with Crippen LogP contribution in [0.1, 0.15) is 15.9 Å². The van der Waals surface area contributed by atoms with Crippen LogP contribution >= 0.6 is 11.6 Å². The quantitative estimate of drug-likeness (QED) is 0.788. The second-order valence-corrected chi connectivity index (χ2v) is 5.48. The number of carbonyl (C=O) groups is 1. The minimum atomic E-state index is -0.935. The van der Waals surface area contributed by atoms with Gasteiger partial charge in [0, 0.05) is 34.7 Å². The fourth-order valence-electron chi connectivity index (χ4n) is 2.41.